The predicted octanol–water partition coefficient (Wildman–Crippen LogP) is 3.33. The van der Waals surface area contributed by atoms with Gasteiger partial charge in [-0.1, -0.05) is 22.0 Å². The Morgan fingerprint density at radius 3 is 3.05 bits per heavy atom. The van der Waals surface area contributed by atoms with Crippen LogP contribution in [0.1, 0.15) is 0 Å². The van der Waals surface area contributed by atoms with Gasteiger partial charge in [0, 0.05) is 23.9 Å². The Bertz CT molecular complexity index is 725. The summed E-state index contributed by atoms with van der Waals surface area (Å²) >= 11 is 3.41. The zero-order valence-electron chi connectivity index (χ0n) is 10.2. The van der Waals surface area contributed by atoms with Crippen molar-refractivity contribution in [2.24, 2.45) is 0 Å². The number of fused-ring (bicyclic) bond motifs is 1. The Morgan fingerprint density at radius 2 is 2.26 bits per heavy atom. The third-order valence-electron chi connectivity index (χ3n) is 2.61. The average molecular weight is 319 g/mol. The lowest BCUT2D eigenvalue weighted by atomic mass is 10.3. The summed E-state index contributed by atoms with van der Waals surface area (Å²) in [7, 11) is 1.81. The van der Waals surface area contributed by atoms with E-state index < -0.39 is 0 Å². The molecule has 2 aromatic heterocycles. The molecule has 1 N–H and O–H groups in total. The van der Waals surface area contributed by atoms with E-state index in [1.54, 1.807) is 6.20 Å². The minimum Gasteiger partial charge on any atom is -0.436 e. The van der Waals surface area contributed by atoms with Gasteiger partial charge in [0.25, 0.3) is 5.88 Å². The molecule has 0 aliphatic carbocycles. The molecular weight excluding hydrogens is 308 g/mol. The van der Waals surface area contributed by atoms with Gasteiger partial charge in [0.2, 0.25) is 5.65 Å². The van der Waals surface area contributed by atoms with Gasteiger partial charge in [0.05, 0.1) is 6.20 Å². The molecule has 0 spiro atoms. The molecule has 0 radical (unpaired) electrons. The first-order valence-corrected chi connectivity index (χ1v) is 6.50. The summed E-state index contributed by atoms with van der Waals surface area (Å²) in [6.07, 6.45) is 5.42. The van der Waals surface area contributed by atoms with E-state index in [4.69, 9.17) is 4.74 Å². The van der Waals surface area contributed by atoms with Gasteiger partial charge in [-0.15, -0.1) is 0 Å². The number of hydrogen-bond donors (Lipinski definition) is 1. The van der Waals surface area contributed by atoms with Crippen molar-refractivity contribution in [3.05, 3.63) is 47.3 Å². The number of nitrogens with zero attached hydrogens (tertiary/aromatic N) is 3. The molecule has 3 aromatic rings. The van der Waals surface area contributed by atoms with Crippen molar-refractivity contribution in [2.45, 2.75) is 0 Å². The Kier molecular flexibility index (Phi) is 3.08. The van der Waals surface area contributed by atoms with Crippen LogP contribution in [0.5, 0.6) is 11.6 Å². The van der Waals surface area contributed by atoms with Crippen molar-refractivity contribution < 1.29 is 4.74 Å². The summed E-state index contributed by atoms with van der Waals surface area (Å²) < 4.78 is 8.63. The lowest BCUT2D eigenvalue weighted by molar-refractivity contribution is 0.465. The highest BCUT2D eigenvalue weighted by atomic mass is 79.9. The molecule has 0 atom stereocenters. The molecule has 5 nitrogen and oxygen atoms in total. The summed E-state index contributed by atoms with van der Waals surface area (Å²) in [5, 5.41) is 3.00. The second-order valence-corrected chi connectivity index (χ2v) is 4.81. The summed E-state index contributed by atoms with van der Waals surface area (Å²) in [4.78, 5) is 8.63. The van der Waals surface area contributed by atoms with E-state index in [0.29, 0.717) is 17.3 Å². The topological polar surface area (TPSA) is 51.5 Å². The van der Waals surface area contributed by atoms with Crippen molar-refractivity contribution in [1.82, 2.24) is 14.4 Å². The standard InChI is InChI=1S/C13H11BrN4O/c1-15-11-8-18-6-5-16-12(18)13(17-11)19-10-4-2-3-9(14)7-10/h2-8,15H,1H3. The number of ether oxygens (including phenoxy) is 1. The largest absolute Gasteiger partial charge is 0.436 e. The minimum absolute atomic E-state index is 0.468. The zero-order valence-corrected chi connectivity index (χ0v) is 11.8. The van der Waals surface area contributed by atoms with Crippen molar-refractivity contribution in [1.29, 1.82) is 0 Å². The molecular formula is C13H11BrN4O. The van der Waals surface area contributed by atoms with Gasteiger partial charge in [0.15, 0.2) is 0 Å². The Hall–Kier alpha value is -2.08. The Balaban J connectivity index is 2.06. The molecule has 1 aromatic carbocycles. The van der Waals surface area contributed by atoms with E-state index in [2.05, 4.69) is 31.2 Å². The maximum absolute atomic E-state index is 5.81. The summed E-state index contributed by atoms with van der Waals surface area (Å²) in [5.74, 6) is 1.89. The third-order valence-corrected chi connectivity index (χ3v) is 3.10. The van der Waals surface area contributed by atoms with E-state index in [0.717, 1.165) is 10.3 Å². The highest BCUT2D eigenvalue weighted by Crippen LogP contribution is 2.26. The molecule has 3 rings (SSSR count). The molecule has 0 saturated carbocycles. The quantitative estimate of drug-likeness (QED) is 0.804. The van der Waals surface area contributed by atoms with Crippen LogP contribution in [0.2, 0.25) is 0 Å². The SMILES string of the molecule is CNc1cn2ccnc2c(Oc2cccc(Br)c2)n1. The molecule has 0 aliphatic heterocycles. The number of aromatic nitrogens is 3. The molecule has 0 unspecified atom stereocenters. The fourth-order valence-electron chi connectivity index (χ4n) is 1.73. The number of halogens is 1. The molecule has 0 bridgehead atoms. The van der Waals surface area contributed by atoms with Crippen LogP contribution >= 0.6 is 15.9 Å². The first kappa shape index (κ1) is 12.0. The minimum atomic E-state index is 0.468. The normalized spacial score (nSPS) is 10.6. The number of anilines is 1. The van der Waals surface area contributed by atoms with E-state index in [1.807, 2.05) is 48.1 Å². The van der Waals surface area contributed by atoms with Crippen LogP contribution in [0.4, 0.5) is 5.82 Å². The van der Waals surface area contributed by atoms with E-state index >= 15 is 0 Å². The van der Waals surface area contributed by atoms with Crippen molar-refractivity contribution in [3.8, 4) is 11.6 Å². The first-order valence-electron chi connectivity index (χ1n) is 5.71. The second kappa shape index (κ2) is 4.89. The third kappa shape index (κ3) is 2.39. The molecule has 19 heavy (non-hydrogen) atoms. The van der Waals surface area contributed by atoms with Gasteiger partial charge in [-0.25, -0.2) is 4.98 Å². The molecule has 0 aliphatic rings. The monoisotopic (exact) mass is 318 g/mol. The molecule has 96 valence electrons. The van der Waals surface area contributed by atoms with Crippen LogP contribution in [0.3, 0.4) is 0 Å². The van der Waals surface area contributed by atoms with Gasteiger partial charge >= 0.3 is 0 Å². The van der Waals surface area contributed by atoms with Crippen molar-refractivity contribution in [3.63, 3.8) is 0 Å². The molecule has 6 heteroatoms. The number of imidazole rings is 1. The van der Waals surface area contributed by atoms with Crippen LogP contribution in [0, 0.1) is 0 Å². The predicted molar refractivity (Wildman–Crippen MR) is 76.7 cm³/mol. The van der Waals surface area contributed by atoms with Gasteiger partial charge in [-0.3, -0.25) is 4.40 Å². The number of rotatable bonds is 3. The fourth-order valence-corrected chi connectivity index (χ4v) is 2.11. The smallest absolute Gasteiger partial charge is 0.265 e. The number of hydrogen-bond acceptors (Lipinski definition) is 4. The maximum atomic E-state index is 5.81. The van der Waals surface area contributed by atoms with E-state index in [-0.39, 0.29) is 0 Å². The molecule has 0 amide bonds. The summed E-state index contributed by atoms with van der Waals surface area (Å²) in [6.45, 7) is 0. The fraction of sp³-hybridized carbons (Fsp3) is 0.0769. The highest BCUT2D eigenvalue weighted by molar-refractivity contribution is 9.10. The second-order valence-electron chi connectivity index (χ2n) is 3.90. The maximum Gasteiger partial charge on any atom is 0.265 e. The van der Waals surface area contributed by atoms with E-state index in [9.17, 15) is 0 Å². The Morgan fingerprint density at radius 1 is 1.37 bits per heavy atom. The van der Waals surface area contributed by atoms with Crippen LogP contribution in [-0.2, 0) is 0 Å². The molecule has 0 fully saturated rings. The van der Waals surface area contributed by atoms with Gasteiger partial charge < -0.3 is 10.1 Å². The number of nitrogens with one attached hydrogen (secondary N) is 1. The average Bonchev–Trinajstić information content (AvgIpc) is 2.87. The highest BCUT2D eigenvalue weighted by Gasteiger charge is 2.09. The van der Waals surface area contributed by atoms with Crippen molar-refractivity contribution >= 4 is 27.4 Å². The Labute approximate surface area is 118 Å². The van der Waals surface area contributed by atoms with Crippen LogP contribution in [0.25, 0.3) is 5.65 Å². The van der Waals surface area contributed by atoms with Gasteiger partial charge in [0.1, 0.15) is 11.6 Å². The zero-order chi connectivity index (χ0) is 13.2. The van der Waals surface area contributed by atoms with Gasteiger partial charge in [-0.05, 0) is 18.2 Å². The lowest BCUT2D eigenvalue weighted by Crippen LogP contribution is -1.99. The van der Waals surface area contributed by atoms with Gasteiger partial charge in [-0.2, -0.15) is 4.98 Å². The van der Waals surface area contributed by atoms with Crippen LogP contribution in [0.15, 0.2) is 47.3 Å². The van der Waals surface area contributed by atoms with Crippen molar-refractivity contribution in [2.75, 3.05) is 12.4 Å². The number of benzene rings is 1. The molecule has 2 heterocycles. The molecule has 0 saturated heterocycles. The summed E-state index contributed by atoms with van der Waals surface area (Å²) in [6, 6.07) is 7.60. The van der Waals surface area contributed by atoms with Crippen LogP contribution < -0.4 is 10.1 Å². The summed E-state index contributed by atoms with van der Waals surface area (Å²) in [5.41, 5.74) is 0.680. The van der Waals surface area contributed by atoms with E-state index in [1.165, 1.54) is 0 Å². The first-order chi connectivity index (χ1) is 9.26. The van der Waals surface area contributed by atoms with Crippen LogP contribution in [-0.4, -0.2) is 21.4 Å². The lowest BCUT2D eigenvalue weighted by Gasteiger charge is -2.08.